The Balaban J connectivity index is 1.43. The number of aliphatic carboxylic acids is 2. The molecule has 0 spiro atoms. The Labute approximate surface area is 323 Å². The first-order valence-corrected chi connectivity index (χ1v) is 17.7. The number of carboxylic acids is 2. The molecule has 14 nitrogen and oxygen atoms in total. The monoisotopic (exact) mass is 786 g/mol. The highest BCUT2D eigenvalue weighted by Crippen LogP contribution is 2.34. The Morgan fingerprint density at radius 3 is 1.41 bits per heavy atom. The van der Waals surface area contributed by atoms with Crippen molar-refractivity contribution in [3.05, 3.63) is 92.0 Å². The summed E-state index contributed by atoms with van der Waals surface area (Å²) in [4.78, 5) is 30.5. The van der Waals surface area contributed by atoms with E-state index < -0.39 is 24.1 Å². The molecule has 0 saturated carbocycles. The van der Waals surface area contributed by atoms with Crippen LogP contribution in [0.3, 0.4) is 0 Å². The molecule has 2 aromatic heterocycles. The summed E-state index contributed by atoms with van der Waals surface area (Å²) in [6, 6.07) is 15.2. The molecule has 54 heavy (non-hydrogen) atoms. The van der Waals surface area contributed by atoms with E-state index in [1.54, 1.807) is 12.1 Å². The van der Waals surface area contributed by atoms with Crippen LogP contribution in [0.5, 0.6) is 23.5 Å². The average Bonchev–Trinajstić information content (AvgIpc) is 3.11. The van der Waals surface area contributed by atoms with Crippen LogP contribution in [0.2, 0.25) is 10.0 Å². The van der Waals surface area contributed by atoms with E-state index in [0.29, 0.717) is 11.1 Å². The molecule has 290 valence electrons. The summed E-state index contributed by atoms with van der Waals surface area (Å²) < 4.78 is 23.0. The number of pyridine rings is 2. The number of nitrogens with zero attached hydrogens (tertiary/aromatic N) is 2. The highest BCUT2D eigenvalue weighted by Gasteiger charge is 2.18. The van der Waals surface area contributed by atoms with Gasteiger partial charge in [-0.2, -0.15) is 9.97 Å². The number of aliphatic hydroxyl groups excluding tert-OH is 2. The summed E-state index contributed by atoms with van der Waals surface area (Å²) in [6.45, 7) is 5.00. The van der Waals surface area contributed by atoms with Crippen molar-refractivity contribution in [2.75, 3.05) is 27.3 Å². The zero-order chi connectivity index (χ0) is 39.4. The lowest BCUT2D eigenvalue weighted by molar-refractivity contribution is -0.140. The number of hydrogen-bond acceptors (Lipinski definition) is 12. The zero-order valence-corrected chi connectivity index (χ0v) is 31.8. The molecule has 0 saturated heterocycles. The van der Waals surface area contributed by atoms with Crippen LogP contribution in [0, 0.1) is 13.8 Å². The van der Waals surface area contributed by atoms with Crippen molar-refractivity contribution in [2.45, 2.75) is 65.2 Å². The van der Waals surface area contributed by atoms with E-state index in [0.717, 1.165) is 33.4 Å². The van der Waals surface area contributed by atoms with Gasteiger partial charge in [-0.1, -0.05) is 59.6 Å². The molecule has 0 aliphatic rings. The molecule has 0 aliphatic carbocycles. The molecule has 0 bridgehead atoms. The third kappa shape index (κ3) is 11.6. The van der Waals surface area contributed by atoms with Crippen molar-refractivity contribution in [3.63, 3.8) is 0 Å². The lowest BCUT2D eigenvalue weighted by Gasteiger charge is -2.18. The molecule has 6 N–H and O–H groups in total. The number of hydrogen-bond donors (Lipinski definition) is 6. The minimum atomic E-state index is -1.09. The highest BCUT2D eigenvalue weighted by atomic mass is 35.5. The number of nitrogens with one attached hydrogen (secondary N) is 2. The number of aromatic nitrogens is 2. The summed E-state index contributed by atoms with van der Waals surface area (Å²) in [6.07, 6.45) is -2.83. The molecular weight excluding hydrogens is 743 g/mol. The number of ether oxygens (including phenoxy) is 4. The van der Waals surface area contributed by atoms with Crippen LogP contribution < -0.4 is 29.6 Å². The quantitative estimate of drug-likeness (QED) is 0.0652. The lowest BCUT2D eigenvalue weighted by Crippen LogP contribution is -2.28. The smallest absolute Gasteiger partial charge is 0.306 e. The Bertz CT molecular complexity index is 1790. The van der Waals surface area contributed by atoms with Gasteiger partial charge in [-0.15, -0.1) is 0 Å². The maximum absolute atomic E-state index is 10.8. The maximum atomic E-state index is 10.8. The fraction of sp³-hybridized carbons (Fsp3) is 0.368. The Kier molecular flexibility index (Phi) is 15.7. The number of aliphatic hydroxyl groups is 2. The maximum Gasteiger partial charge on any atom is 0.306 e. The van der Waals surface area contributed by atoms with Gasteiger partial charge < -0.3 is 50.0 Å². The van der Waals surface area contributed by atoms with Crippen molar-refractivity contribution in [2.24, 2.45) is 0 Å². The van der Waals surface area contributed by atoms with Crippen molar-refractivity contribution in [1.82, 2.24) is 20.6 Å². The van der Waals surface area contributed by atoms with E-state index >= 15 is 0 Å². The van der Waals surface area contributed by atoms with Crippen LogP contribution in [0.1, 0.15) is 46.2 Å². The van der Waals surface area contributed by atoms with Crippen LogP contribution in [0.15, 0.2) is 48.5 Å². The summed E-state index contributed by atoms with van der Waals surface area (Å²) in [5.74, 6) is -1.24. The van der Waals surface area contributed by atoms with Gasteiger partial charge >= 0.3 is 11.9 Å². The van der Waals surface area contributed by atoms with Gasteiger partial charge in [-0.05, 0) is 59.4 Å². The first-order chi connectivity index (χ1) is 25.8. The van der Waals surface area contributed by atoms with Gasteiger partial charge in [0.25, 0.3) is 0 Å². The molecule has 0 fully saturated rings. The van der Waals surface area contributed by atoms with Crippen LogP contribution in [-0.2, 0) is 35.9 Å². The Morgan fingerprint density at radius 2 is 1.06 bits per heavy atom. The fourth-order valence-electron chi connectivity index (χ4n) is 5.65. The summed E-state index contributed by atoms with van der Waals surface area (Å²) in [5.41, 5.74) is 7.06. The van der Waals surface area contributed by atoms with E-state index in [4.69, 9.17) is 52.4 Å². The number of benzene rings is 2. The summed E-state index contributed by atoms with van der Waals surface area (Å²) in [7, 11) is 2.94. The van der Waals surface area contributed by atoms with E-state index in [1.807, 2.05) is 50.2 Å². The molecule has 2 unspecified atom stereocenters. The number of methoxy groups -OCH3 is 2. The molecule has 2 aromatic carbocycles. The molecule has 0 radical (unpaired) electrons. The number of carbonyl (C=O) groups is 2. The molecule has 2 heterocycles. The van der Waals surface area contributed by atoms with Gasteiger partial charge in [-0.3, -0.25) is 9.59 Å². The summed E-state index contributed by atoms with van der Waals surface area (Å²) in [5, 5.41) is 43.8. The van der Waals surface area contributed by atoms with Crippen molar-refractivity contribution >= 4 is 35.1 Å². The predicted octanol–water partition coefficient (Wildman–Crippen LogP) is 5.09. The zero-order valence-electron chi connectivity index (χ0n) is 30.3. The molecule has 16 heteroatoms. The second-order valence-corrected chi connectivity index (χ2v) is 13.2. The van der Waals surface area contributed by atoms with Crippen LogP contribution >= 0.6 is 23.2 Å². The first-order valence-electron chi connectivity index (χ1n) is 16.9. The van der Waals surface area contributed by atoms with Crippen molar-refractivity contribution in [1.29, 1.82) is 0 Å². The largest absolute Gasteiger partial charge is 0.481 e. The van der Waals surface area contributed by atoms with E-state index in [2.05, 4.69) is 20.6 Å². The van der Waals surface area contributed by atoms with Gasteiger partial charge in [0.2, 0.25) is 23.5 Å². The second kappa shape index (κ2) is 20.1. The van der Waals surface area contributed by atoms with Gasteiger partial charge in [0, 0.05) is 37.3 Å². The average molecular weight is 788 g/mol. The number of rotatable bonds is 21. The standard InChI is InChI=1S/C38H44Cl2N4O10/c1-21-23(19-53-37-31(39)11-25(35(43-37)51-3)15-41-17-27(45)13-33(47)48)7-5-9-29(21)30-10-6-8-24(22(30)2)20-54-38-32(40)12-26(36(44-38)52-4)16-42-18-28(46)14-34(49)50/h5-12,27-28,41-42,45-46H,13-20H2,1-4H3,(H,47,48)(H,49,50). The molecule has 4 aromatic rings. The number of carboxylic acid groups (broad SMARTS) is 2. The fourth-order valence-corrected chi connectivity index (χ4v) is 6.10. The molecule has 2 atom stereocenters. The van der Waals surface area contributed by atoms with Crippen molar-refractivity contribution in [3.8, 4) is 34.6 Å². The normalized spacial score (nSPS) is 12.2. The third-order valence-electron chi connectivity index (χ3n) is 8.48. The van der Waals surface area contributed by atoms with Crippen molar-refractivity contribution < 1.29 is 49.0 Å². The van der Waals surface area contributed by atoms with Gasteiger partial charge in [0.15, 0.2) is 0 Å². The summed E-state index contributed by atoms with van der Waals surface area (Å²) >= 11 is 13.1. The predicted molar refractivity (Wildman–Crippen MR) is 202 cm³/mol. The minimum Gasteiger partial charge on any atom is -0.481 e. The molecule has 4 rings (SSSR count). The third-order valence-corrected chi connectivity index (χ3v) is 9.02. The minimum absolute atomic E-state index is 0.0670. The van der Waals surface area contributed by atoms with Gasteiger partial charge in [0.1, 0.15) is 23.3 Å². The Hall–Kier alpha value is -4.70. The van der Waals surface area contributed by atoms with Gasteiger partial charge in [-0.25, -0.2) is 0 Å². The first kappa shape index (κ1) is 42.0. The number of halogens is 2. The van der Waals surface area contributed by atoms with E-state index in [9.17, 15) is 19.8 Å². The lowest BCUT2D eigenvalue weighted by atomic mass is 9.92. The molecule has 0 aliphatic heterocycles. The Morgan fingerprint density at radius 1 is 0.667 bits per heavy atom. The SMILES string of the molecule is COc1nc(OCc2cccc(-c3cccc(COc4nc(OC)c(CNCC(O)CC(=O)O)cc4Cl)c3C)c2C)c(Cl)cc1CNCC(O)CC(=O)O. The van der Waals surface area contributed by atoms with Gasteiger partial charge in [0.05, 0.1) is 39.3 Å². The molecule has 0 amide bonds. The molecular formula is C38H44Cl2N4O10. The second-order valence-electron chi connectivity index (χ2n) is 12.4. The highest BCUT2D eigenvalue weighted by molar-refractivity contribution is 6.32. The van der Waals surface area contributed by atoms with Crippen LogP contribution in [-0.4, -0.2) is 81.8 Å². The van der Waals surface area contributed by atoms with E-state index in [1.165, 1.54) is 14.2 Å². The van der Waals surface area contributed by atoms with E-state index in [-0.39, 0.29) is 85.8 Å². The van der Waals surface area contributed by atoms with Crippen LogP contribution in [0.4, 0.5) is 0 Å². The van der Waals surface area contributed by atoms with Crippen LogP contribution in [0.25, 0.3) is 11.1 Å². The topological polar surface area (TPSA) is 202 Å².